The Kier molecular flexibility index (Phi) is 5.87. The molecule has 21 heavy (non-hydrogen) atoms. The van der Waals surface area contributed by atoms with Gasteiger partial charge in [-0.25, -0.2) is 8.78 Å². The first-order chi connectivity index (χ1) is 9.93. The quantitative estimate of drug-likeness (QED) is 0.710. The molecule has 1 saturated carbocycles. The summed E-state index contributed by atoms with van der Waals surface area (Å²) >= 11 is 12.1. The third-order valence-corrected chi connectivity index (χ3v) is 4.89. The zero-order valence-corrected chi connectivity index (χ0v) is 13.7. The van der Waals surface area contributed by atoms with Crippen LogP contribution in [-0.2, 0) is 0 Å². The van der Waals surface area contributed by atoms with Crippen LogP contribution < -0.4 is 5.32 Å². The highest BCUT2D eigenvalue weighted by atomic mass is 35.5. The molecule has 0 bridgehead atoms. The van der Waals surface area contributed by atoms with Crippen LogP contribution in [-0.4, -0.2) is 12.5 Å². The van der Waals surface area contributed by atoms with Crippen molar-refractivity contribution in [2.75, 3.05) is 6.54 Å². The van der Waals surface area contributed by atoms with Crippen LogP contribution in [0, 0.1) is 5.92 Å². The van der Waals surface area contributed by atoms with Gasteiger partial charge in [-0.1, -0.05) is 36.2 Å². The summed E-state index contributed by atoms with van der Waals surface area (Å²) in [5, 5.41) is 4.51. The van der Waals surface area contributed by atoms with Crippen molar-refractivity contribution in [1.82, 2.24) is 5.32 Å². The van der Waals surface area contributed by atoms with E-state index in [1.165, 1.54) is 0 Å². The monoisotopic (exact) mass is 335 g/mol. The maximum absolute atomic E-state index is 13.4. The fourth-order valence-corrected chi connectivity index (χ4v) is 3.26. The van der Waals surface area contributed by atoms with E-state index in [0.717, 1.165) is 18.5 Å². The summed E-state index contributed by atoms with van der Waals surface area (Å²) in [5.41, 5.74) is 1.04. The van der Waals surface area contributed by atoms with Crippen molar-refractivity contribution in [3.05, 3.63) is 33.8 Å². The summed E-state index contributed by atoms with van der Waals surface area (Å²) in [4.78, 5) is 0. The van der Waals surface area contributed by atoms with Gasteiger partial charge in [-0.2, -0.15) is 0 Å². The van der Waals surface area contributed by atoms with Crippen LogP contribution in [0.2, 0.25) is 10.0 Å². The summed E-state index contributed by atoms with van der Waals surface area (Å²) < 4.78 is 26.7. The Hall–Kier alpha value is -0.380. The van der Waals surface area contributed by atoms with Crippen molar-refractivity contribution in [2.45, 2.75) is 51.0 Å². The zero-order valence-electron chi connectivity index (χ0n) is 12.1. The number of hydrogen-bond donors (Lipinski definition) is 1. The largest absolute Gasteiger partial charge is 0.310 e. The van der Waals surface area contributed by atoms with Gasteiger partial charge in [-0.05, 0) is 49.4 Å². The standard InChI is InChI=1S/C16H21Cl2F2N/c1-2-9-21-15(11-5-7-16(19,20)8-6-11)12-3-4-13(17)14(18)10-12/h3-4,10-11,15,21H,2,5-9H2,1H3. The molecular weight excluding hydrogens is 315 g/mol. The normalized spacial score (nSPS) is 20.4. The zero-order chi connectivity index (χ0) is 15.5. The van der Waals surface area contributed by atoms with Gasteiger partial charge in [0.2, 0.25) is 5.92 Å². The highest BCUT2D eigenvalue weighted by Crippen LogP contribution is 2.42. The van der Waals surface area contributed by atoms with E-state index in [4.69, 9.17) is 23.2 Å². The molecule has 0 aliphatic heterocycles. The Morgan fingerprint density at radius 2 is 1.90 bits per heavy atom. The number of alkyl halides is 2. The fraction of sp³-hybridized carbons (Fsp3) is 0.625. The van der Waals surface area contributed by atoms with E-state index in [0.29, 0.717) is 22.9 Å². The van der Waals surface area contributed by atoms with Gasteiger partial charge in [0.15, 0.2) is 0 Å². The molecule has 1 aromatic carbocycles. The summed E-state index contributed by atoms with van der Waals surface area (Å²) in [7, 11) is 0. The molecule has 1 aromatic rings. The average molecular weight is 336 g/mol. The molecule has 1 N–H and O–H groups in total. The number of hydrogen-bond acceptors (Lipinski definition) is 1. The van der Waals surface area contributed by atoms with Gasteiger partial charge in [0.1, 0.15) is 0 Å². The smallest absolute Gasteiger partial charge is 0.248 e. The lowest BCUT2D eigenvalue weighted by atomic mass is 9.79. The first-order valence-corrected chi connectivity index (χ1v) is 8.24. The topological polar surface area (TPSA) is 12.0 Å². The van der Waals surface area contributed by atoms with E-state index >= 15 is 0 Å². The van der Waals surface area contributed by atoms with E-state index in [1.807, 2.05) is 12.1 Å². The van der Waals surface area contributed by atoms with Crippen LogP contribution in [0.1, 0.15) is 50.6 Å². The predicted octanol–water partition coefficient (Wildman–Crippen LogP) is 5.86. The summed E-state index contributed by atoms with van der Waals surface area (Å²) in [5.74, 6) is -2.28. The third kappa shape index (κ3) is 4.54. The van der Waals surface area contributed by atoms with Crippen molar-refractivity contribution in [3.8, 4) is 0 Å². The molecule has 0 radical (unpaired) electrons. The van der Waals surface area contributed by atoms with Gasteiger partial charge in [0, 0.05) is 18.9 Å². The van der Waals surface area contributed by atoms with Crippen LogP contribution in [0.5, 0.6) is 0 Å². The van der Waals surface area contributed by atoms with E-state index in [2.05, 4.69) is 12.2 Å². The third-order valence-electron chi connectivity index (χ3n) is 4.15. The van der Waals surface area contributed by atoms with Crippen LogP contribution in [0.3, 0.4) is 0 Å². The van der Waals surface area contributed by atoms with Crippen molar-refractivity contribution >= 4 is 23.2 Å². The van der Waals surface area contributed by atoms with Crippen molar-refractivity contribution in [1.29, 1.82) is 0 Å². The lowest BCUT2D eigenvalue weighted by Crippen LogP contribution is -2.34. The summed E-state index contributed by atoms with van der Waals surface area (Å²) in [6, 6.07) is 5.63. The SMILES string of the molecule is CCCNC(c1ccc(Cl)c(Cl)c1)C1CCC(F)(F)CC1. The molecule has 0 spiro atoms. The lowest BCUT2D eigenvalue weighted by Gasteiger charge is -2.34. The summed E-state index contributed by atoms with van der Waals surface area (Å²) in [6.45, 7) is 2.95. The van der Waals surface area contributed by atoms with Crippen molar-refractivity contribution < 1.29 is 8.78 Å². The van der Waals surface area contributed by atoms with Gasteiger partial charge < -0.3 is 5.32 Å². The highest BCUT2D eigenvalue weighted by Gasteiger charge is 2.37. The molecule has 0 aromatic heterocycles. The number of benzene rings is 1. The minimum Gasteiger partial charge on any atom is -0.310 e. The molecule has 1 unspecified atom stereocenters. The predicted molar refractivity (Wildman–Crippen MR) is 84.4 cm³/mol. The molecule has 118 valence electrons. The van der Waals surface area contributed by atoms with E-state index in [-0.39, 0.29) is 24.8 Å². The van der Waals surface area contributed by atoms with Crippen LogP contribution >= 0.6 is 23.2 Å². The molecule has 1 atom stereocenters. The van der Waals surface area contributed by atoms with E-state index < -0.39 is 5.92 Å². The first-order valence-electron chi connectivity index (χ1n) is 7.49. The van der Waals surface area contributed by atoms with Gasteiger partial charge in [-0.15, -0.1) is 0 Å². The van der Waals surface area contributed by atoms with Gasteiger partial charge in [-0.3, -0.25) is 0 Å². The fourth-order valence-electron chi connectivity index (χ4n) is 2.96. The lowest BCUT2D eigenvalue weighted by molar-refractivity contribution is -0.0497. The Bertz CT molecular complexity index is 469. The van der Waals surface area contributed by atoms with Crippen LogP contribution in [0.15, 0.2) is 18.2 Å². The Labute approximate surface area is 135 Å². The van der Waals surface area contributed by atoms with Crippen LogP contribution in [0.4, 0.5) is 8.78 Å². The van der Waals surface area contributed by atoms with E-state index in [1.54, 1.807) is 6.07 Å². The second-order valence-electron chi connectivity index (χ2n) is 5.80. The van der Waals surface area contributed by atoms with Gasteiger partial charge in [0.25, 0.3) is 0 Å². The summed E-state index contributed by atoms with van der Waals surface area (Å²) in [6.07, 6.45) is 2.02. The van der Waals surface area contributed by atoms with Crippen LogP contribution in [0.25, 0.3) is 0 Å². The molecule has 5 heteroatoms. The second-order valence-corrected chi connectivity index (χ2v) is 6.61. The Morgan fingerprint density at radius 1 is 1.24 bits per heavy atom. The molecule has 0 saturated heterocycles. The molecule has 0 heterocycles. The highest BCUT2D eigenvalue weighted by molar-refractivity contribution is 6.42. The van der Waals surface area contributed by atoms with Crippen molar-refractivity contribution in [2.24, 2.45) is 5.92 Å². The minimum atomic E-state index is -2.50. The molecule has 1 aliphatic rings. The Morgan fingerprint density at radius 3 is 2.48 bits per heavy atom. The van der Waals surface area contributed by atoms with E-state index in [9.17, 15) is 8.78 Å². The molecule has 1 nitrogen and oxygen atoms in total. The first kappa shape index (κ1) is 17.0. The second kappa shape index (κ2) is 7.26. The average Bonchev–Trinajstić information content (AvgIpc) is 2.44. The molecule has 1 aliphatic carbocycles. The van der Waals surface area contributed by atoms with Gasteiger partial charge >= 0.3 is 0 Å². The molecule has 1 fully saturated rings. The molecule has 0 amide bonds. The molecule has 2 rings (SSSR count). The minimum absolute atomic E-state index is 0.0245. The molecular formula is C16H21Cl2F2N. The number of nitrogens with one attached hydrogen (secondary N) is 1. The number of halogens is 4. The maximum Gasteiger partial charge on any atom is 0.248 e. The maximum atomic E-state index is 13.4. The van der Waals surface area contributed by atoms with Gasteiger partial charge in [0.05, 0.1) is 10.0 Å². The Balaban J connectivity index is 2.16. The van der Waals surface area contributed by atoms with Crippen molar-refractivity contribution in [3.63, 3.8) is 0 Å². The number of rotatable bonds is 5.